The van der Waals surface area contributed by atoms with Crippen molar-refractivity contribution in [2.24, 2.45) is 0 Å². The van der Waals surface area contributed by atoms with Crippen LogP contribution in [0.2, 0.25) is 10.0 Å². The van der Waals surface area contributed by atoms with Gasteiger partial charge in [0.1, 0.15) is 0 Å². The molecule has 0 saturated carbocycles. The number of carbonyl (C=O) groups excluding carboxylic acids is 1. The SMILES string of the molecule is O=C(Nc1ccc(Cl)cc1)c1cc(Cl)ccc1Br. The number of nitrogens with one attached hydrogen (secondary N) is 1. The fraction of sp³-hybridized carbons (Fsp3) is 0. The molecule has 0 saturated heterocycles. The van der Waals surface area contributed by atoms with Gasteiger partial charge in [-0.25, -0.2) is 0 Å². The van der Waals surface area contributed by atoms with Crippen molar-refractivity contribution in [2.75, 3.05) is 5.32 Å². The summed E-state index contributed by atoms with van der Waals surface area (Å²) in [7, 11) is 0. The lowest BCUT2D eigenvalue weighted by molar-refractivity contribution is 0.102. The average Bonchev–Trinajstić information content (AvgIpc) is 2.35. The lowest BCUT2D eigenvalue weighted by Gasteiger charge is -2.07. The van der Waals surface area contributed by atoms with Gasteiger partial charge < -0.3 is 5.32 Å². The van der Waals surface area contributed by atoms with Gasteiger partial charge in [0.2, 0.25) is 0 Å². The van der Waals surface area contributed by atoms with Crippen LogP contribution in [0.25, 0.3) is 0 Å². The lowest BCUT2D eigenvalue weighted by Crippen LogP contribution is -2.12. The van der Waals surface area contributed by atoms with Crippen molar-refractivity contribution in [3.63, 3.8) is 0 Å². The number of anilines is 1. The van der Waals surface area contributed by atoms with Crippen molar-refractivity contribution in [3.8, 4) is 0 Å². The Morgan fingerprint density at radius 2 is 1.61 bits per heavy atom. The standard InChI is InChI=1S/C13H8BrCl2NO/c14-12-6-3-9(16)7-11(12)13(18)17-10-4-1-8(15)2-5-10/h1-7H,(H,17,18). The summed E-state index contributed by atoms with van der Waals surface area (Å²) >= 11 is 15.0. The molecule has 0 aromatic heterocycles. The van der Waals surface area contributed by atoms with Gasteiger partial charge in [0, 0.05) is 20.2 Å². The van der Waals surface area contributed by atoms with Crippen molar-refractivity contribution >= 4 is 50.7 Å². The minimum atomic E-state index is -0.230. The van der Waals surface area contributed by atoms with E-state index in [4.69, 9.17) is 23.2 Å². The van der Waals surface area contributed by atoms with Crippen LogP contribution in [-0.4, -0.2) is 5.91 Å². The fourth-order valence-electron chi connectivity index (χ4n) is 1.40. The largest absolute Gasteiger partial charge is 0.322 e. The van der Waals surface area contributed by atoms with E-state index in [1.165, 1.54) is 0 Å². The maximum atomic E-state index is 12.0. The molecule has 2 nitrogen and oxygen atoms in total. The second kappa shape index (κ2) is 5.74. The molecule has 0 radical (unpaired) electrons. The summed E-state index contributed by atoms with van der Waals surface area (Å²) in [6, 6.07) is 12.0. The lowest BCUT2D eigenvalue weighted by atomic mass is 10.2. The predicted octanol–water partition coefficient (Wildman–Crippen LogP) is 5.01. The average molecular weight is 345 g/mol. The van der Waals surface area contributed by atoms with Crippen molar-refractivity contribution in [1.29, 1.82) is 0 Å². The molecule has 1 N–H and O–H groups in total. The van der Waals surface area contributed by atoms with Crippen LogP contribution in [0.5, 0.6) is 0 Å². The molecular formula is C13H8BrCl2NO. The summed E-state index contributed by atoms with van der Waals surface area (Å²) in [5.41, 5.74) is 1.16. The van der Waals surface area contributed by atoms with Gasteiger partial charge in [-0.1, -0.05) is 23.2 Å². The van der Waals surface area contributed by atoms with Crippen LogP contribution in [0.4, 0.5) is 5.69 Å². The van der Waals surface area contributed by atoms with Crippen molar-refractivity contribution in [3.05, 3.63) is 62.5 Å². The first-order valence-electron chi connectivity index (χ1n) is 5.08. The molecule has 0 unspecified atom stereocenters. The molecule has 0 aliphatic heterocycles. The minimum absolute atomic E-state index is 0.230. The van der Waals surface area contributed by atoms with Crippen LogP contribution in [-0.2, 0) is 0 Å². The highest BCUT2D eigenvalue weighted by atomic mass is 79.9. The maximum absolute atomic E-state index is 12.0. The predicted molar refractivity (Wildman–Crippen MR) is 78.6 cm³/mol. The Balaban J connectivity index is 2.21. The molecule has 0 spiro atoms. The second-order valence-electron chi connectivity index (χ2n) is 3.59. The highest BCUT2D eigenvalue weighted by molar-refractivity contribution is 9.10. The smallest absolute Gasteiger partial charge is 0.256 e. The van der Waals surface area contributed by atoms with Gasteiger partial charge in [0.25, 0.3) is 5.91 Å². The molecule has 0 atom stereocenters. The molecule has 0 bridgehead atoms. The molecule has 2 aromatic rings. The Labute approximate surface area is 123 Å². The summed E-state index contributed by atoms with van der Waals surface area (Å²) in [5, 5.41) is 3.90. The summed E-state index contributed by atoms with van der Waals surface area (Å²) in [4.78, 5) is 12.0. The molecule has 5 heteroatoms. The van der Waals surface area contributed by atoms with Gasteiger partial charge >= 0.3 is 0 Å². The van der Waals surface area contributed by atoms with E-state index in [1.807, 2.05) is 0 Å². The van der Waals surface area contributed by atoms with E-state index in [2.05, 4.69) is 21.2 Å². The zero-order valence-corrected chi connectivity index (χ0v) is 12.2. The summed E-state index contributed by atoms with van der Waals surface area (Å²) < 4.78 is 0.693. The van der Waals surface area contributed by atoms with E-state index in [1.54, 1.807) is 42.5 Å². The van der Waals surface area contributed by atoms with E-state index in [9.17, 15) is 4.79 Å². The first-order chi connectivity index (χ1) is 8.56. The number of amides is 1. The molecule has 18 heavy (non-hydrogen) atoms. The quantitative estimate of drug-likeness (QED) is 0.815. The van der Waals surface area contributed by atoms with Crippen LogP contribution in [0.15, 0.2) is 46.9 Å². The Morgan fingerprint density at radius 3 is 2.28 bits per heavy atom. The first kappa shape index (κ1) is 13.4. The van der Waals surface area contributed by atoms with Crippen LogP contribution < -0.4 is 5.32 Å². The minimum Gasteiger partial charge on any atom is -0.322 e. The summed E-state index contributed by atoms with van der Waals surface area (Å²) in [6.45, 7) is 0. The Bertz CT molecular complexity index is 584. The van der Waals surface area contributed by atoms with Crippen LogP contribution in [0.3, 0.4) is 0 Å². The fourth-order valence-corrected chi connectivity index (χ4v) is 2.13. The summed E-state index contributed by atoms with van der Waals surface area (Å²) in [5.74, 6) is -0.230. The Kier molecular flexibility index (Phi) is 4.27. The number of halogens is 3. The van der Waals surface area contributed by atoms with Gasteiger partial charge in [-0.15, -0.1) is 0 Å². The first-order valence-corrected chi connectivity index (χ1v) is 6.63. The molecule has 0 fully saturated rings. The van der Waals surface area contributed by atoms with Gasteiger partial charge in [0.05, 0.1) is 5.56 Å². The number of benzene rings is 2. The highest BCUT2D eigenvalue weighted by Crippen LogP contribution is 2.22. The third kappa shape index (κ3) is 3.25. The van der Waals surface area contributed by atoms with E-state index >= 15 is 0 Å². The topological polar surface area (TPSA) is 29.1 Å². The molecule has 0 aliphatic rings. The van der Waals surface area contributed by atoms with Crippen molar-refractivity contribution in [2.45, 2.75) is 0 Å². The molecule has 92 valence electrons. The normalized spacial score (nSPS) is 10.2. The third-order valence-corrected chi connectivity index (χ3v) is 3.45. The second-order valence-corrected chi connectivity index (χ2v) is 5.31. The monoisotopic (exact) mass is 343 g/mol. The number of rotatable bonds is 2. The van der Waals surface area contributed by atoms with Crippen LogP contribution in [0, 0.1) is 0 Å². The van der Waals surface area contributed by atoms with Gasteiger partial charge in [-0.05, 0) is 58.4 Å². The zero-order chi connectivity index (χ0) is 13.1. The number of hydrogen-bond acceptors (Lipinski definition) is 1. The van der Waals surface area contributed by atoms with E-state index in [0.29, 0.717) is 25.8 Å². The zero-order valence-electron chi connectivity index (χ0n) is 9.08. The summed E-state index contributed by atoms with van der Waals surface area (Å²) in [6.07, 6.45) is 0. The van der Waals surface area contributed by atoms with Crippen molar-refractivity contribution in [1.82, 2.24) is 0 Å². The number of carbonyl (C=O) groups is 1. The molecule has 0 heterocycles. The van der Waals surface area contributed by atoms with E-state index in [-0.39, 0.29) is 5.91 Å². The molecule has 1 amide bonds. The van der Waals surface area contributed by atoms with Gasteiger partial charge in [-0.3, -0.25) is 4.79 Å². The third-order valence-electron chi connectivity index (χ3n) is 2.28. The van der Waals surface area contributed by atoms with Crippen molar-refractivity contribution < 1.29 is 4.79 Å². The van der Waals surface area contributed by atoms with E-state index < -0.39 is 0 Å². The van der Waals surface area contributed by atoms with Crippen LogP contribution >= 0.6 is 39.1 Å². The molecule has 2 aromatic carbocycles. The van der Waals surface area contributed by atoms with E-state index in [0.717, 1.165) is 0 Å². The number of hydrogen-bond donors (Lipinski definition) is 1. The highest BCUT2D eigenvalue weighted by Gasteiger charge is 2.10. The Hall–Kier alpha value is -1.03. The van der Waals surface area contributed by atoms with Crippen LogP contribution in [0.1, 0.15) is 10.4 Å². The van der Waals surface area contributed by atoms with Gasteiger partial charge in [-0.2, -0.15) is 0 Å². The molecule has 0 aliphatic carbocycles. The maximum Gasteiger partial charge on any atom is 0.256 e. The molecule has 2 rings (SSSR count). The Morgan fingerprint density at radius 1 is 1.00 bits per heavy atom. The van der Waals surface area contributed by atoms with Gasteiger partial charge in [0.15, 0.2) is 0 Å². The molecular weight excluding hydrogens is 337 g/mol.